The third-order valence-corrected chi connectivity index (χ3v) is 14.1. The Morgan fingerprint density at radius 1 is 0.329 bits per heavy atom. The Labute approximate surface area is 446 Å². The van der Waals surface area contributed by atoms with E-state index >= 15 is 0 Å². The van der Waals surface area contributed by atoms with Crippen molar-refractivity contribution in [1.82, 2.24) is 28.7 Å². The molecular weight excluding hydrogens is 1070 g/mol. The molecular formula is C66H63IrN6. The summed E-state index contributed by atoms with van der Waals surface area (Å²) < 4.78 is 6.61. The molecule has 0 N–H and O–H groups in total. The normalized spacial score (nSPS) is 11.3. The number of hydrogen-bond donors (Lipinski definition) is 0. The molecule has 0 spiro atoms. The molecule has 0 bridgehead atoms. The fourth-order valence-electron chi connectivity index (χ4n) is 11.1. The molecule has 0 aliphatic rings. The molecule has 0 fully saturated rings. The van der Waals surface area contributed by atoms with Crippen LogP contribution < -0.4 is 0 Å². The first-order valence-corrected chi connectivity index (χ1v) is 25.3. The van der Waals surface area contributed by atoms with Crippen LogP contribution in [0.4, 0.5) is 0 Å². The Balaban J connectivity index is 0.00000656. The van der Waals surface area contributed by atoms with E-state index < -0.39 is 0 Å². The van der Waals surface area contributed by atoms with Crippen LogP contribution in [0.2, 0.25) is 0 Å². The van der Waals surface area contributed by atoms with Crippen LogP contribution in [-0.4, -0.2) is 28.7 Å². The zero-order valence-corrected chi connectivity index (χ0v) is 46.0. The van der Waals surface area contributed by atoms with Crippen molar-refractivity contribution in [1.29, 1.82) is 0 Å². The first-order valence-electron chi connectivity index (χ1n) is 25.3. The molecule has 0 aliphatic heterocycles. The summed E-state index contributed by atoms with van der Waals surface area (Å²) in [4.78, 5) is 14.4. The van der Waals surface area contributed by atoms with E-state index in [9.17, 15) is 0 Å². The first-order chi connectivity index (χ1) is 34.8. The minimum Gasteiger partial charge on any atom is -0.340 e. The van der Waals surface area contributed by atoms with Gasteiger partial charge in [0.05, 0.1) is 17.5 Å². The van der Waals surface area contributed by atoms with Crippen LogP contribution in [0.15, 0.2) is 146 Å². The summed E-state index contributed by atoms with van der Waals surface area (Å²) in [7, 11) is 0. The van der Waals surface area contributed by atoms with Gasteiger partial charge in [-0.05, 0) is 132 Å². The van der Waals surface area contributed by atoms with E-state index in [0.717, 1.165) is 72.7 Å². The monoisotopic (exact) mass is 1130 g/mol. The van der Waals surface area contributed by atoms with E-state index in [0.29, 0.717) is 0 Å². The molecule has 7 aromatic carbocycles. The van der Waals surface area contributed by atoms with Gasteiger partial charge in [-0.2, -0.15) is 0 Å². The third-order valence-electron chi connectivity index (χ3n) is 14.1. The molecule has 7 heteroatoms. The van der Waals surface area contributed by atoms with E-state index in [1.54, 1.807) is 0 Å². The minimum absolute atomic E-state index is 0. The molecule has 0 amide bonds. The summed E-state index contributed by atoms with van der Waals surface area (Å²) in [6.45, 7) is 19.5. The fraction of sp³-hybridized carbons (Fsp3) is 0.227. The average Bonchev–Trinajstić information content (AvgIpc) is 4.15. The van der Waals surface area contributed by atoms with Crippen LogP contribution in [0.3, 0.4) is 0 Å². The van der Waals surface area contributed by atoms with Crippen molar-refractivity contribution in [3.63, 3.8) is 0 Å². The van der Waals surface area contributed by atoms with Crippen molar-refractivity contribution in [2.24, 2.45) is 0 Å². The molecule has 10 rings (SSSR count). The molecule has 0 unspecified atom stereocenters. The number of hydrogen-bond acceptors (Lipinski definition) is 3. The van der Waals surface area contributed by atoms with Crippen LogP contribution in [0.1, 0.15) is 83.5 Å². The van der Waals surface area contributed by atoms with Crippen LogP contribution in [0, 0.1) is 80.5 Å². The number of rotatable bonds is 15. The van der Waals surface area contributed by atoms with Crippen molar-refractivity contribution >= 4 is 0 Å². The molecule has 6 nitrogen and oxygen atoms in total. The van der Waals surface area contributed by atoms with Gasteiger partial charge in [0.25, 0.3) is 0 Å². The Morgan fingerprint density at radius 2 is 0.575 bits per heavy atom. The molecule has 0 aliphatic carbocycles. The summed E-state index contributed by atoms with van der Waals surface area (Å²) in [5.74, 6) is 2.72. The van der Waals surface area contributed by atoms with E-state index in [-0.39, 0.29) is 20.1 Å². The van der Waals surface area contributed by atoms with Crippen molar-refractivity contribution < 1.29 is 20.1 Å². The van der Waals surface area contributed by atoms with Crippen LogP contribution in [0.5, 0.6) is 0 Å². The largest absolute Gasteiger partial charge is 3.00 e. The zero-order valence-electron chi connectivity index (χ0n) is 43.6. The summed E-state index contributed by atoms with van der Waals surface area (Å²) in [6.07, 6.45) is 17.4. The molecule has 0 atom stereocenters. The molecule has 366 valence electrons. The predicted molar refractivity (Wildman–Crippen MR) is 295 cm³/mol. The molecule has 0 radical (unpaired) electrons. The quantitative estimate of drug-likeness (QED) is 0.0961. The zero-order chi connectivity index (χ0) is 50.0. The maximum absolute atomic E-state index is 4.79. The van der Waals surface area contributed by atoms with Crippen molar-refractivity contribution in [2.75, 3.05) is 0 Å². The van der Waals surface area contributed by atoms with Crippen LogP contribution in [0.25, 0.3) is 51.2 Å². The first kappa shape index (κ1) is 50.7. The average molecular weight is 1130 g/mol. The molecule has 10 aromatic rings. The van der Waals surface area contributed by atoms with Crippen molar-refractivity contribution in [3.05, 3.63) is 248 Å². The topological polar surface area (TPSA) is 53.5 Å². The van der Waals surface area contributed by atoms with E-state index in [1.807, 2.05) is 18.6 Å². The van der Waals surface area contributed by atoms with E-state index in [1.165, 1.54) is 101 Å². The van der Waals surface area contributed by atoms with E-state index in [2.05, 4.69) is 222 Å². The number of benzene rings is 7. The SMILES string of the molecule is Cc1cc(C)c(-n2ccnc2-c2[c-]cc(CCc3cc(CCc4c[c-]c(-c5nccn5-c5c(C)cc(C)cc5C)cc4)cc(CCc4c[c-]c(-c5nccn5-c5c(C)cc(C)cc5C)cc4)c3)cc2)c(C)c1.[Ir+3]. The minimum atomic E-state index is 0. The van der Waals surface area contributed by atoms with Gasteiger partial charge in [-0.1, -0.05) is 90.6 Å². The molecule has 3 aromatic heterocycles. The van der Waals surface area contributed by atoms with Gasteiger partial charge in [0.1, 0.15) is 0 Å². The van der Waals surface area contributed by atoms with Gasteiger partial charge >= 0.3 is 20.1 Å². The molecule has 3 heterocycles. The number of imidazole rings is 3. The summed E-state index contributed by atoms with van der Waals surface area (Å²) in [5, 5.41) is 0. The predicted octanol–water partition coefficient (Wildman–Crippen LogP) is 14.8. The smallest absolute Gasteiger partial charge is 0.340 e. The Kier molecular flexibility index (Phi) is 15.2. The standard InChI is InChI=1S/C66H63N6.Ir/c1-43-34-46(4)61(47(5)35-43)70-31-28-67-64(70)58-22-16-52(17-23-58)10-13-55-40-56(14-11-53-18-24-59(25-19-53)65-68-29-32-71(65)62-48(6)36-44(2)37-49(62)7)42-57(41-55)15-12-54-20-26-60(27-21-54)66-69-30-33-72(66)63-50(8)38-45(3)39-51(63)9;/h16-22,24,26,28-42H,10-15H2,1-9H3;/q-3;+3. The summed E-state index contributed by atoms with van der Waals surface area (Å²) >= 11 is 0. The Bertz CT molecular complexity index is 3090. The number of aromatic nitrogens is 6. The molecule has 73 heavy (non-hydrogen) atoms. The third kappa shape index (κ3) is 11.1. The second-order valence-electron chi connectivity index (χ2n) is 20.1. The molecule has 0 saturated heterocycles. The Morgan fingerprint density at radius 3 is 0.808 bits per heavy atom. The summed E-state index contributed by atoms with van der Waals surface area (Å²) in [6, 6.07) is 51.2. The van der Waals surface area contributed by atoms with E-state index in [4.69, 9.17) is 15.0 Å². The van der Waals surface area contributed by atoms with Crippen LogP contribution >= 0.6 is 0 Å². The fourth-order valence-corrected chi connectivity index (χ4v) is 11.1. The Hall–Kier alpha value is -7.18. The number of nitrogens with zero attached hydrogens (tertiary/aromatic N) is 6. The number of aryl methyl sites for hydroxylation is 15. The molecule has 0 saturated carbocycles. The van der Waals surface area contributed by atoms with Gasteiger partial charge in [-0.3, -0.25) is 15.0 Å². The maximum Gasteiger partial charge on any atom is 3.00 e. The second kappa shape index (κ2) is 21.9. The van der Waals surface area contributed by atoms with Gasteiger partial charge in [0.15, 0.2) is 0 Å². The second-order valence-corrected chi connectivity index (χ2v) is 20.1. The van der Waals surface area contributed by atoms with Crippen molar-refractivity contribution in [3.8, 4) is 51.2 Å². The maximum atomic E-state index is 4.79. The van der Waals surface area contributed by atoms with Gasteiger partial charge in [-0.15, -0.1) is 106 Å². The van der Waals surface area contributed by atoms with Gasteiger partial charge in [-0.25, -0.2) is 0 Å². The van der Waals surface area contributed by atoms with Gasteiger partial charge in [0, 0.05) is 54.2 Å². The summed E-state index contributed by atoms with van der Waals surface area (Å²) in [5.41, 5.74) is 25.6. The van der Waals surface area contributed by atoms with Crippen LogP contribution in [-0.2, 0) is 58.6 Å². The van der Waals surface area contributed by atoms with Crippen molar-refractivity contribution in [2.45, 2.75) is 101 Å². The van der Waals surface area contributed by atoms with Gasteiger partial charge in [0.2, 0.25) is 0 Å². The van der Waals surface area contributed by atoms with Gasteiger partial charge < -0.3 is 13.7 Å².